The van der Waals surface area contributed by atoms with Gasteiger partial charge in [-0.1, -0.05) is 0 Å². The standard InChI is InChI=1S/C6H3FIN3/c7-5-4-3(1-2-9-5)6(8)11-10-4/h1-2H,(H,10,11). The van der Waals surface area contributed by atoms with Gasteiger partial charge in [-0.15, -0.1) is 0 Å². The first-order valence-corrected chi connectivity index (χ1v) is 4.01. The summed E-state index contributed by atoms with van der Waals surface area (Å²) in [6.45, 7) is 0. The quantitative estimate of drug-likeness (QED) is 0.580. The first-order chi connectivity index (χ1) is 5.29. The van der Waals surface area contributed by atoms with E-state index < -0.39 is 5.95 Å². The van der Waals surface area contributed by atoms with Gasteiger partial charge in [0.25, 0.3) is 0 Å². The molecule has 5 heteroatoms. The molecule has 0 aliphatic carbocycles. The summed E-state index contributed by atoms with van der Waals surface area (Å²) in [6, 6.07) is 1.73. The van der Waals surface area contributed by atoms with Crippen LogP contribution in [0.15, 0.2) is 12.3 Å². The topological polar surface area (TPSA) is 41.6 Å². The molecule has 0 aromatic carbocycles. The van der Waals surface area contributed by atoms with E-state index >= 15 is 0 Å². The second-order valence-corrected chi connectivity index (χ2v) is 3.11. The van der Waals surface area contributed by atoms with Crippen molar-refractivity contribution in [2.24, 2.45) is 0 Å². The molecule has 0 aliphatic rings. The van der Waals surface area contributed by atoms with Crippen molar-refractivity contribution in [1.82, 2.24) is 15.2 Å². The number of nitrogens with one attached hydrogen (secondary N) is 1. The zero-order chi connectivity index (χ0) is 7.84. The Morgan fingerprint density at radius 3 is 3.09 bits per heavy atom. The van der Waals surface area contributed by atoms with E-state index in [1.165, 1.54) is 6.20 Å². The van der Waals surface area contributed by atoms with Gasteiger partial charge in [0.1, 0.15) is 9.22 Å². The molecule has 0 bridgehead atoms. The normalized spacial score (nSPS) is 10.7. The van der Waals surface area contributed by atoms with Crippen LogP contribution in [0.5, 0.6) is 0 Å². The molecule has 0 unspecified atom stereocenters. The van der Waals surface area contributed by atoms with Gasteiger partial charge >= 0.3 is 0 Å². The molecule has 2 rings (SSSR count). The van der Waals surface area contributed by atoms with Crippen LogP contribution in [0.2, 0.25) is 0 Å². The Morgan fingerprint density at radius 1 is 1.55 bits per heavy atom. The van der Waals surface area contributed by atoms with Gasteiger partial charge in [-0.2, -0.15) is 9.49 Å². The molecular formula is C6H3FIN3. The van der Waals surface area contributed by atoms with Gasteiger partial charge in [-0.25, -0.2) is 4.98 Å². The predicted octanol–water partition coefficient (Wildman–Crippen LogP) is 1.70. The second-order valence-electron chi connectivity index (χ2n) is 2.04. The lowest BCUT2D eigenvalue weighted by Gasteiger charge is -1.86. The average molecular weight is 263 g/mol. The van der Waals surface area contributed by atoms with Crippen LogP contribution in [0.4, 0.5) is 4.39 Å². The number of rotatable bonds is 0. The Balaban J connectivity index is 2.94. The molecule has 2 aromatic rings. The van der Waals surface area contributed by atoms with E-state index in [2.05, 4.69) is 37.8 Å². The van der Waals surface area contributed by atoms with Crippen LogP contribution in [0.1, 0.15) is 0 Å². The average Bonchev–Trinajstić information content (AvgIpc) is 2.35. The van der Waals surface area contributed by atoms with Crippen LogP contribution < -0.4 is 0 Å². The van der Waals surface area contributed by atoms with Crippen LogP contribution in [0.3, 0.4) is 0 Å². The molecule has 56 valence electrons. The largest absolute Gasteiger partial charge is 0.271 e. The highest BCUT2D eigenvalue weighted by Crippen LogP contribution is 2.17. The number of aromatic nitrogens is 3. The summed E-state index contributed by atoms with van der Waals surface area (Å²) in [7, 11) is 0. The molecule has 0 saturated heterocycles. The molecule has 0 spiro atoms. The van der Waals surface area contributed by atoms with Gasteiger partial charge in [-0.05, 0) is 28.7 Å². The number of H-pyrrole nitrogens is 1. The molecule has 0 aliphatic heterocycles. The maximum Gasteiger partial charge on any atom is 0.241 e. The fourth-order valence-electron chi connectivity index (χ4n) is 0.877. The molecule has 0 amide bonds. The van der Waals surface area contributed by atoms with Gasteiger partial charge in [0.15, 0.2) is 0 Å². The Kier molecular flexibility index (Phi) is 1.52. The second kappa shape index (κ2) is 2.40. The molecule has 2 aromatic heterocycles. The number of aromatic amines is 1. The molecule has 0 radical (unpaired) electrons. The number of hydrogen-bond donors (Lipinski definition) is 1. The number of fused-ring (bicyclic) bond motifs is 1. The highest BCUT2D eigenvalue weighted by molar-refractivity contribution is 14.1. The number of halogens is 2. The minimum Gasteiger partial charge on any atom is -0.271 e. The van der Waals surface area contributed by atoms with Gasteiger partial charge in [0.2, 0.25) is 5.95 Å². The van der Waals surface area contributed by atoms with E-state index in [-0.39, 0.29) is 0 Å². The van der Waals surface area contributed by atoms with Crippen molar-refractivity contribution in [2.75, 3.05) is 0 Å². The van der Waals surface area contributed by atoms with Crippen LogP contribution >= 0.6 is 22.6 Å². The highest BCUT2D eigenvalue weighted by Gasteiger charge is 2.06. The number of nitrogens with zero attached hydrogens (tertiary/aromatic N) is 2. The lowest BCUT2D eigenvalue weighted by Crippen LogP contribution is -1.81. The van der Waals surface area contributed by atoms with Crippen molar-refractivity contribution in [3.63, 3.8) is 0 Å². The van der Waals surface area contributed by atoms with E-state index in [9.17, 15) is 4.39 Å². The van der Waals surface area contributed by atoms with Crippen LogP contribution in [0.25, 0.3) is 10.9 Å². The van der Waals surface area contributed by atoms with Crippen molar-refractivity contribution < 1.29 is 4.39 Å². The van der Waals surface area contributed by atoms with E-state index in [0.29, 0.717) is 5.52 Å². The molecular weight excluding hydrogens is 260 g/mol. The summed E-state index contributed by atoms with van der Waals surface area (Å²) in [5.41, 5.74) is 0.303. The molecule has 0 fully saturated rings. The third-order valence-electron chi connectivity index (χ3n) is 1.38. The minimum absolute atomic E-state index is 0.303. The van der Waals surface area contributed by atoms with E-state index in [0.717, 1.165) is 9.09 Å². The predicted molar refractivity (Wildman–Crippen MR) is 46.6 cm³/mol. The molecule has 1 N–H and O–H groups in total. The smallest absolute Gasteiger partial charge is 0.241 e. The number of hydrogen-bond acceptors (Lipinski definition) is 2. The van der Waals surface area contributed by atoms with Crippen molar-refractivity contribution >= 4 is 33.5 Å². The Bertz CT molecular complexity index is 398. The van der Waals surface area contributed by atoms with Crippen molar-refractivity contribution in [1.29, 1.82) is 0 Å². The molecule has 0 atom stereocenters. The van der Waals surface area contributed by atoms with Crippen molar-refractivity contribution in [3.8, 4) is 0 Å². The van der Waals surface area contributed by atoms with Gasteiger partial charge in [0, 0.05) is 11.6 Å². The zero-order valence-corrected chi connectivity index (χ0v) is 7.46. The summed E-state index contributed by atoms with van der Waals surface area (Å²) >= 11 is 2.06. The van der Waals surface area contributed by atoms with Gasteiger partial charge in [0.05, 0.1) is 0 Å². The Morgan fingerprint density at radius 2 is 2.36 bits per heavy atom. The maximum atomic E-state index is 12.8. The lowest BCUT2D eigenvalue weighted by atomic mass is 10.3. The molecule has 3 nitrogen and oxygen atoms in total. The van der Waals surface area contributed by atoms with Gasteiger partial charge in [-0.3, -0.25) is 5.10 Å². The van der Waals surface area contributed by atoms with Gasteiger partial charge < -0.3 is 0 Å². The monoisotopic (exact) mass is 263 g/mol. The third-order valence-corrected chi connectivity index (χ3v) is 2.20. The summed E-state index contributed by atoms with van der Waals surface area (Å²) in [5, 5.41) is 7.20. The number of pyridine rings is 1. The van der Waals surface area contributed by atoms with Crippen molar-refractivity contribution in [2.45, 2.75) is 0 Å². The SMILES string of the molecule is Fc1nccc2c(I)[nH]nc12. The minimum atomic E-state index is -0.526. The summed E-state index contributed by atoms with van der Waals surface area (Å²) in [4.78, 5) is 3.47. The van der Waals surface area contributed by atoms with E-state index in [1.807, 2.05) is 0 Å². The fourth-order valence-corrected chi connectivity index (χ4v) is 1.43. The van der Waals surface area contributed by atoms with Crippen molar-refractivity contribution in [3.05, 3.63) is 21.9 Å². The molecule has 2 heterocycles. The summed E-state index contributed by atoms with van der Waals surface area (Å²) < 4.78 is 13.6. The summed E-state index contributed by atoms with van der Waals surface area (Å²) in [6.07, 6.45) is 1.43. The Hall–Kier alpha value is -0.720. The molecule has 0 saturated carbocycles. The fraction of sp³-hybridized carbons (Fsp3) is 0. The maximum absolute atomic E-state index is 12.8. The van der Waals surface area contributed by atoms with E-state index in [4.69, 9.17) is 0 Å². The van der Waals surface area contributed by atoms with Crippen LogP contribution in [0, 0.1) is 9.65 Å². The lowest BCUT2D eigenvalue weighted by molar-refractivity contribution is 0.593. The highest BCUT2D eigenvalue weighted by atomic mass is 127. The first kappa shape index (κ1) is 6.96. The zero-order valence-electron chi connectivity index (χ0n) is 5.31. The van der Waals surface area contributed by atoms with Crippen LogP contribution in [-0.2, 0) is 0 Å². The van der Waals surface area contributed by atoms with Crippen LogP contribution in [-0.4, -0.2) is 15.2 Å². The first-order valence-electron chi connectivity index (χ1n) is 2.93. The molecule has 11 heavy (non-hydrogen) atoms. The third kappa shape index (κ3) is 0.991. The summed E-state index contributed by atoms with van der Waals surface area (Å²) in [5.74, 6) is -0.526. The Labute approximate surface area is 75.2 Å². The van der Waals surface area contributed by atoms with E-state index in [1.54, 1.807) is 6.07 Å².